The maximum Gasteiger partial charge on any atom is 0.416 e. The average Bonchev–Trinajstić information content (AvgIpc) is 2.55. The first kappa shape index (κ1) is 17.6. The van der Waals surface area contributed by atoms with Gasteiger partial charge in [-0.3, -0.25) is 0 Å². The summed E-state index contributed by atoms with van der Waals surface area (Å²) in [6.07, 6.45) is -2.81. The molecule has 2 aromatic rings. The van der Waals surface area contributed by atoms with Gasteiger partial charge in [-0.2, -0.15) is 13.2 Å². The molecular formula is C18H17F3N2O. The Bertz CT molecular complexity index is 682. The van der Waals surface area contributed by atoms with Crippen LogP contribution >= 0.6 is 0 Å². The molecule has 0 atom stereocenters. The lowest BCUT2D eigenvalue weighted by Crippen LogP contribution is -2.34. The molecule has 0 heterocycles. The predicted molar refractivity (Wildman–Crippen MR) is 87.5 cm³/mol. The van der Waals surface area contributed by atoms with Gasteiger partial charge in [-0.25, -0.2) is 4.79 Å². The molecule has 3 nitrogen and oxygen atoms in total. The lowest BCUT2D eigenvalue weighted by atomic mass is 10.2. The second kappa shape index (κ2) is 7.68. The minimum atomic E-state index is -4.40. The van der Waals surface area contributed by atoms with E-state index in [4.69, 9.17) is 0 Å². The number of carbonyl (C=O) groups excluding carboxylic acids is 1. The minimum absolute atomic E-state index is 0.301. The molecule has 0 bridgehead atoms. The van der Waals surface area contributed by atoms with Crippen LogP contribution in [0.1, 0.15) is 11.1 Å². The summed E-state index contributed by atoms with van der Waals surface area (Å²) in [6.45, 7) is 4.32. The van der Waals surface area contributed by atoms with E-state index in [9.17, 15) is 18.0 Å². The van der Waals surface area contributed by atoms with Crippen LogP contribution in [-0.2, 0) is 12.7 Å². The third-order valence-electron chi connectivity index (χ3n) is 3.32. The Morgan fingerprint density at radius 1 is 1.08 bits per heavy atom. The molecule has 0 fully saturated rings. The number of carbonyl (C=O) groups is 1. The van der Waals surface area contributed by atoms with Gasteiger partial charge >= 0.3 is 12.2 Å². The third kappa shape index (κ3) is 4.87. The second-order valence-electron chi connectivity index (χ2n) is 5.16. The van der Waals surface area contributed by atoms with Crippen molar-refractivity contribution in [1.82, 2.24) is 4.90 Å². The van der Waals surface area contributed by atoms with Gasteiger partial charge in [0.25, 0.3) is 0 Å². The quantitative estimate of drug-likeness (QED) is 0.773. The molecule has 126 valence electrons. The van der Waals surface area contributed by atoms with E-state index in [1.54, 1.807) is 6.08 Å². The highest BCUT2D eigenvalue weighted by Gasteiger charge is 2.30. The fourth-order valence-corrected chi connectivity index (χ4v) is 2.12. The molecule has 0 spiro atoms. The molecular weight excluding hydrogens is 317 g/mol. The van der Waals surface area contributed by atoms with Crippen molar-refractivity contribution < 1.29 is 18.0 Å². The zero-order valence-electron chi connectivity index (χ0n) is 12.9. The molecule has 24 heavy (non-hydrogen) atoms. The summed E-state index contributed by atoms with van der Waals surface area (Å²) in [6, 6.07) is 13.3. The molecule has 0 unspecified atom stereocenters. The molecule has 2 rings (SSSR count). The summed E-state index contributed by atoms with van der Waals surface area (Å²) >= 11 is 0. The Hall–Kier alpha value is -2.76. The Morgan fingerprint density at radius 2 is 1.71 bits per heavy atom. The van der Waals surface area contributed by atoms with Gasteiger partial charge in [-0.15, -0.1) is 6.58 Å². The van der Waals surface area contributed by atoms with Crippen molar-refractivity contribution >= 4 is 11.7 Å². The molecule has 0 saturated carbocycles. The topological polar surface area (TPSA) is 32.3 Å². The molecule has 0 aliphatic rings. The Labute approximate surface area is 138 Å². The molecule has 0 aliphatic carbocycles. The average molecular weight is 334 g/mol. The molecule has 1 N–H and O–H groups in total. The van der Waals surface area contributed by atoms with Crippen molar-refractivity contribution in [2.45, 2.75) is 12.7 Å². The lowest BCUT2D eigenvalue weighted by molar-refractivity contribution is -0.137. The van der Waals surface area contributed by atoms with Crippen LogP contribution < -0.4 is 5.32 Å². The molecule has 0 aromatic heterocycles. The van der Waals surface area contributed by atoms with Gasteiger partial charge in [-0.05, 0) is 29.8 Å². The molecule has 0 aliphatic heterocycles. The highest BCUT2D eigenvalue weighted by atomic mass is 19.4. The van der Waals surface area contributed by atoms with E-state index in [2.05, 4.69) is 11.9 Å². The maximum absolute atomic E-state index is 12.5. The number of nitrogens with zero attached hydrogens (tertiary/aromatic N) is 1. The van der Waals surface area contributed by atoms with Crippen LogP contribution in [0, 0.1) is 0 Å². The monoisotopic (exact) mass is 334 g/mol. The van der Waals surface area contributed by atoms with Gasteiger partial charge < -0.3 is 10.2 Å². The van der Waals surface area contributed by atoms with Crippen molar-refractivity contribution in [2.75, 3.05) is 11.9 Å². The molecule has 0 saturated heterocycles. The number of halogens is 3. The number of alkyl halides is 3. The number of benzene rings is 2. The number of nitrogens with one attached hydrogen (secondary N) is 1. The van der Waals surface area contributed by atoms with Crippen molar-refractivity contribution in [3.63, 3.8) is 0 Å². The predicted octanol–water partition coefficient (Wildman–Crippen LogP) is 4.93. The van der Waals surface area contributed by atoms with Gasteiger partial charge in [0.15, 0.2) is 0 Å². The number of urea groups is 1. The number of hydrogen-bond donors (Lipinski definition) is 1. The standard InChI is InChI=1S/C18H17F3N2O/c1-2-12-23(13-14-6-4-3-5-7-14)17(24)22-16-10-8-15(9-11-16)18(19,20)21/h2-11H,1,12-13H2,(H,22,24). The fourth-order valence-electron chi connectivity index (χ4n) is 2.12. The van der Waals surface area contributed by atoms with Gasteiger partial charge in [0.1, 0.15) is 0 Å². The first-order chi connectivity index (χ1) is 11.4. The van der Waals surface area contributed by atoms with E-state index in [1.807, 2.05) is 30.3 Å². The highest BCUT2D eigenvalue weighted by molar-refractivity contribution is 5.89. The third-order valence-corrected chi connectivity index (χ3v) is 3.32. The largest absolute Gasteiger partial charge is 0.416 e. The van der Waals surface area contributed by atoms with Crippen LogP contribution in [0.3, 0.4) is 0 Å². The highest BCUT2D eigenvalue weighted by Crippen LogP contribution is 2.29. The number of amides is 2. The second-order valence-corrected chi connectivity index (χ2v) is 5.16. The smallest absolute Gasteiger partial charge is 0.316 e. The Kier molecular flexibility index (Phi) is 5.63. The lowest BCUT2D eigenvalue weighted by Gasteiger charge is -2.22. The SMILES string of the molecule is C=CCN(Cc1ccccc1)C(=O)Nc1ccc(C(F)(F)F)cc1. The maximum atomic E-state index is 12.5. The Morgan fingerprint density at radius 3 is 2.25 bits per heavy atom. The van der Waals surface area contributed by atoms with Crippen LogP contribution in [0.15, 0.2) is 67.3 Å². The normalized spacial score (nSPS) is 11.0. The summed E-state index contributed by atoms with van der Waals surface area (Å²) in [7, 11) is 0. The van der Waals surface area contributed by atoms with E-state index >= 15 is 0 Å². The van der Waals surface area contributed by atoms with E-state index in [0.717, 1.165) is 17.7 Å². The zero-order chi connectivity index (χ0) is 17.6. The minimum Gasteiger partial charge on any atom is -0.316 e. The number of rotatable bonds is 5. The van der Waals surface area contributed by atoms with Crippen LogP contribution in [0.5, 0.6) is 0 Å². The van der Waals surface area contributed by atoms with Crippen LogP contribution in [0.25, 0.3) is 0 Å². The van der Waals surface area contributed by atoms with Crippen molar-refractivity contribution in [1.29, 1.82) is 0 Å². The number of hydrogen-bond acceptors (Lipinski definition) is 1. The van der Waals surface area contributed by atoms with Crippen molar-refractivity contribution in [3.05, 3.63) is 78.4 Å². The van der Waals surface area contributed by atoms with E-state index in [0.29, 0.717) is 18.8 Å². The molecule has 0 radical (unpaired) electrons. The van der Waals surface area contributed by atoms with E-state index < -0.39 is 17.8 Å². The fraction of sp³-hybridized carbons (Fsp3) is 0.167. The summed E-state index contributed by atoms with van der Waals surface area (Å²) < 4.78 is 37.6. The summed E-state index contributed by atoms with van der Waals surface area (Å²) in [4.78, 5) is 13.8. The van der Waals surface area contributed by atoms with Crippen molar-refractivity contribution in [3.8, 4) is 0 Å². The molecule has 6 heteroatoms. The Balaban J connectivity index is 2.06. The summed E-state index contributed by atoms with van der Waals surface area (Å²) in [5.41, 5.74) is 0.491. The summed E-state index contributed by atoms with van der Waals surface area (Å²) in [5.74, 6) is 0. The van der Waals surface area contributed by atoms with Gasteiger partial charge in [-0.1, -0.05) is 36.4 Å². The van der Waals surface area contributed by atoms with Gasteiger partial charge in [0.2, 0.25) is 0 Å². The first-order valence-corrected chi connectivity index (χ1v) is 7.28. The molecule has 2 amide bonds. The van der Waals surface area contributed by atoms with Crippen LogP contribution in [0.2, 0.25) is 0 Å². The van der Waals surface area contributed by atoms with Crippen molar-refractivity contribution in [2.24, 2.45) is 0 Å². The van der Waals surface area contributed by atoms with E-state index in [-0.39, 0.29) is 0 Å². The van der Waals surface area contributed by atoms with Gasteiger partial charge in [0.05, 0.1) is 5.56 Å². The first-order valence-electron chi connectivity index (χ1n) is 7.28. The molecule has 2 aromatic carbocycles. The van der Waals surface area contributed by atoms with Crippen LogP contribution in [0.4, 0.5) is 23.7 Å². The summed E-state index contributed by atoms with van der Waals surface area (Å²) in [5, 5.41) is 2.60. The van der Waals surface area contributed by atoms with Gasteiger partial charge in [0, 0.05) is 18.8 Å². The van der Waals surface area contributed by atoms with E-state index in [1.165, 1.54) is 17.0 Å². The number of anilines is 1. The van der Waals surface area contributed by atoms with Crippen LogP contribution in [-0.4, -0.2) is 17.5 Å². The zero-order valence-corrected chi connectivity index (χ0v) is 12.9.